The average Bonchev–Trinajstić information content (AvgIpc) is 2.36. The minimum Gasteiger partial charge on any atom is -0.378 e. The van der Waals surface area contributed by atoms with Crippen LogP contribution in [0.4, 0.5) is 0 Å². The Bertz CT molecular complexity index is 206. The zero-order chi connectivity index (χ0) is 7.52. The highest BCUT2D eigenvalue weighted by Gasteiger charge is 2.16. The molecule has 1 fully saturated rings. The van der Waals surface area contributed by atoms with E-state index in [-0.39, 0.29) is 0 Å². The number of hydrogen-bond donors (Lipinski definition) is 1. The molecule has 1 aliphatic heterocycles. The van der Waals surface area contributed by atoms with Crippen LogP contribution in [-0.4, -0.2) is 19.3 Å². The monoisotopic (exact) mass is 169 g/mol. The van der Waals surface area contributed by atoms with E-state index in [4.69, 9.17) is 4.74 Å². The molecule has 3 heteroatoms. The van der Waals surface area contributed by atoms with Crippen molar-refractivity contribution in [3.8, 4) is 0 Å². The summed E-state index contributed by atoms with van der Waals surface area (Å²) in [5.41, 5.74) is 1.38. The standard InChI is InChI=1S/C8H11NOS/c1-2-11-6-7(1)3-9-8-4-10-5-8/h1-2,6,8-9H,3-5H2. The Hall–Kier alpha value is -0.380. The molecular weight excluding hydrogens is 158 g/mol. The van der Waals surface area contributed by atoms with Crippen molar-refractivity contribution in [1.82, 2.24) is 5.32 Å². The second-order valence-electron chi connectivity index (χ2n) is 2.75. The molecule has 0 unspecified atom stereocenters. The Morgan fingerprint density at radius 3 is 3.09 bits per heavy atom. The smallest absolute Gasteiger partial charge is 0.0643 e. The maximum absolute atomic E-state index is 5.04. The number of ether oxygens (including phenoxy) is 1. The highest BCUT2D eigenvalue weighted by molar-refractivity contribution is 7.07. The first kappa shape index (κ1) is 7.28. The van der Waals surface area contributed by atoms with Gasteiger partial charge in [0.25, 0.3) is 0 Å². The van der Waals surface area contributed by atoms with Crippen LogP contribution in [0.1, 0.15) is 5.56 Å². The lowest BCUT2D eigenvalue weighted by Crippen LogP contribution is -2.45. The molecule has 11 heavy (non-hydrogen) atoms. The fourth-order valence-corrected chi connectivity index (χ4v) is 1.68. The van der Waals surface area contributed by atoms with E-state index in [2.05, 4.69) is 22.1 Å². The Morgan fingerprint density at radius 1 is 1.64 bits per heavy atom. The molecule has 2 heterocycles. The third-order valence-corrected chi connectivity index (χ3v) is 2.55. The van der Waals surface area contributed by atoms with Crippen LogP contribution in [0.15, 0.2) is 16.8 Å². The van der Waals surface area contributed by atoms with Crippen LogP contribution in [0.5, 0.6) is 0 Å². The third kappa shape index (κ3) is 1.80. The first-order chi connectivity index (χ1) is 5.45. The zero-order valence-corrected chi connectivity index (χ0v) is 7.06. The fraction of sp³-hybridized carbons (Fsp3) is 0.500. The highest BCUT2D eigenvalue weighted by atomic mass is 32.1. The lowest BCUT2D eigenvalue weighted by molar-refractivity contribution is -0.00577. The molecule has 0 bridgehead atoms. The van der Waals surface area contributed by atoms with E-state index in [1.807, 2.05) is 0 Å². The molecule has 0 atom stereocenters. The summed E-state index contributed by atoms with van der Waals surface area (Å²) >= 11 is 1.75. The van der Waals surface area contributed by atoms with Crippen LogP contribution in [0.3, 0.4) is 0 Å². The van der Waals surface area contributed by atoms with Crippen LogP contribution in [0.2, 0.25) is 0 Å². The molecule has 0 aliphatic carbocycles. The van der Waals surface area contributed by atoms with Crippen molar-refractivity contribution in [2.24, 2.45) is 0 Å². The quantitative estimate of drug-likeness (QED) is 0.735. The van der Waals surface area contributed by atoms with E-state index < -0.39 is 0 Å². The van der Waals surface area contributed by atoms with Gasteiger partial charge in [-0.15, -0.1) is 0 Å². The third-order valence-electron chi connectivity index (χ3n) is 1.81. The van der Waals surface area contributed by atoms with E-state index in [9.17, 15) is 0 Å². The topological polar surface area (TPSA) is 21.3 Å². The van der Waals surface area contributed by atoms with Crippen LogP contribution < -0.4 is 5.32 Å². The molecule has 1 saturated heterocycles. The second kappa shape index (κ2) is 3.34. The molecule has 1 aromatic rings. The van der Waals surface area contributed by atoms with Gasteiger partial charge in [-0.2, -0.15) is 11.3 Å². The summed E-state index contributed by atoms with van der Waals surface area (Å²) in [4.78, 5) is 0. The zero-order valence-electron chi connectivity index (χ0n) is 6.25. The Balaban J connectivity index is 1.74. The van der Waals surface area contributed by atoms with Gasteiger partial charge in [0.1, 0.15) is 0 Å². The molecule has 0 saturated carbocycles. The molecule has 60 valence electrons. The summed E-state index contributed by atoms with van der Waals surface area (Å²) in [5, 5.41) is 7.68. The van der Waals surface area contributed by atoms with E-state index in [1.54, 1.807) is 11.3 Å². The van der Waals surface area contributed by atoms with Gasteiger partial charge in [0, 0.05) is 6.54 Å². The lowest BCUT2D eigenvalue weighted by atomic mass is 10.2. The first-order valence-corrected chi connectivity index (χ1v) is 4.71. The minimum absolute atomic E-state index is 0.592. The average molecular weight is 169 g/mol. The molecular formula is C8H11NOS. The molecule has 0 aromatic carbocycles. The Morgan fingerprint density at radius 2 is 2.55 bits per heavy atom. The van der Waals surface area contributed by atoms with Crippen molar-refractivity contribution in [3.63, 3.8) is 0 Å². The van der Waals surface area contributed by atoms with Gasteiger partial charge >= 0.3 is 0 Å². The van der Waals surface area contributed by atoms with E-state index in [1.165, 1.54) is 5.56 Å². The number of hydrogen-bond acceptors (Lipinski definition) is 3. The van der Waals surface area contributed by atoms with Gasteiger partial charge < -0.3 is 10.1 Å². The summed E-state index contributed by atoms with van der Waals surface area (Å²) in [6, 6.07) is 2.74. The number of rotatable bonds is 3. The molecule has 0 amide bonds. The Kier molecular flexibility index (Phi) is 2.21. The van der Waals surface area contributed by atoms with Gasteiger partial charge in [-0.3, -0.25) is 0 Å². The van der Waals surface area contributed by atoms with E-state index >= 15 is 0 Å². The summed E-state index contributed by atoms with van der Waals surface area (Å²) < 4.78 is 5.04. The Labute approximate surface area is 70.2 Å². The van der Waals surface area contributed by atoms with Crippen molar-refractivity contribution >= 4 is 11.3 Å². The largest absolute Gasteiger partial charge is 0.378 e. The van der Waals surface area contributed by atoms with Crippen molar-refractivity contribution in [3.05, 3.63) is 22.4 Å². The summed E-state index contributed by atoms with van der Waals surface area (Å²) in [6.07, 6.45) is 0. The van der Waals surface area contributed by atoms with Gasteiger partial charge in [0.15, 0.2) is 0 Å². The normalized spacial score (nSPS) is 18.2. The fourth-order valence-electron chi connectivity index (χ4n) is 1.01. The van der Waals surface area contributed by atoms with Gasteiger partial charge in [-0.1, -0.05) is 0 Å². The van der Waals surface area contributed by atoms with Crippen molar-refractivity contribution in [1.29, 1.82) is 0 Å². The molecule has 0 radical (unpaired) electrons. The van der Waals surface area contributed by atoms with Crippen molar-refractivity contribution in [2.75, 3.05) is 13.2 Å². The summed E-state index contributed by atoms with van der Waals surface area (Å²) in [5.74, 6) is 0. The van der Waals surface area contributed by atoms with Gasteiger partial charge in [0.2, 0.25) is 0 Å². The molecule has 2 rings (SSSR count). The summed E-state index contributed by atoms with van der Waals surface area (Å²) in [6.45, 7) is 2.74. The van der Waals surface area contributed by atoms with Gasteiger partial charge in [0.05, 0.1) is 19.3 Å². The number of nitrogens with one attached hydrogen (secondary N) is 1. The van der Waals surface area contributed by atoms with E-state index in [0.717, 1.165) is 19.8 Å². The van der Waals surface area contributed by atoms with Crippen molar-refractivity contribution < 1.29 is 4.74 Å². The second-order valence-corrected chi connectivity index (χ2v) is 3.53. The van der Waals surface area contributed by atoms with Crippen LogP contribution in [-0.2, 0) is 11.3 Å². The van der Waals surface area contributed by atoms with Crippen LogP contribution in [0.25, 0.3) is 0 Å². The number of thiophene rings is 1. The van der Waals surface area contributed by atoms with Gasteiger partial charge in [-0.25, -0.2) is 0 Å². The molecule has 0 spiro atoms. The molecule has 1 aromatic heterocycles. The minimum atomic E-state index is 0.592. The van der Waals surface area contributed by atoms with Crippen LogP contribution >= 0.6 is 11.3 Å². The maximum atomic E-state index is 5.04. The highest BCUT2D eigenvalue weighted by Crippen LogP contribution is 2.07. The van der Waals surface area contributed by atoms with Gasteiger partial charge in [-0.05, 0) is 22.4 Å². The molecule has 1 aliphatic rings. The van der Waals surface area contributed by atoms with Crippen LogP contribution in [0, 0.1) is 0 Å². The summed E-state index contributed by atoms with van der Waals surface area (Å²) in [7, 11) is 0. The predicted octanol–water partition coefficient (Wildman–Crippen LogP) is 1.24. The van der Waals surface area contributed by atoms with E-state index in [0.29, 0.717) is 6.04 Å². The molecule has 1 N–H and O–H groups in total. The predicted molar refractivity (Wildman–Crippen MR) is 45.8 cm³/mol. The molecule has 2 nitrogen and oxygen atoms in total. The maximum Gasteiger partial charge on any atom is 0.0643 e. The van der Waals surface area contributed by atoms with Crippen molar-refractivity contribution in [2.45, 2.75) is 12.6 Å². The first-order valence-electron chi connectivity index (χ1n) is 3.77. The SMILES string of the molecule is c1cc(CNC2COC2)cs1. The lowest BCUT2D eigenvalue weighted by Gasteiger charge is -2.26.